The Labute approximate surface area is 170 Å². The average molecular weight is 412 g/mol. The summed E-state index contributed by atoms with van der Waals surface area (Å²) in [5.74, 6) is 0.305. The van der Waals surface area contributed by atoms with Gasteiger partial charge in [-0.2, -0.15) is 0 Å². The molecule has 0 spiro atoms. The molecule has 0 bridgehead atoms. The van der Waals surface area contributed by atoms with E-state index in [-0.39, 0.29) is 23.2 Å². The van der Waals surface area contributed by atoms with E-state index in [9.17, 15) is 14.0 Å². The number of anilines is 1. The smallest absolute Gasteiger partial charge is 0.270 e. The van der Waals surface area contributed by atoms with Gasteiger partial charge in [0.05, 0.1) is 5.52 Å². The van der Waals surface area contributed by atoms with Crippen molar-refractivity contribution in [3.63, 3.8) is 0 Å². The first-order valence-electron chi connectivity index (χ1n) is 9.92. The zero-order chi connectivity index (χ0) is 20.0. The molecule has 0 unspecified atom stereocenters. The van der Waals surface area contributed by atoms with Crippen LogP contribution in [0.3, 0.4) is 0 Å². The van der Waals surface area contributed by atoms with Crippen LogP contribution in [0, 0.1) is 11.7 Å². The van der Waals surface area contributed by atoms with Crippen molar-refractivity contribution >= 4 is 33.4 Å². The zero-order valence-electron chi connectivity index (χ0n) is 15.8. The van der Waals surface area contributed by atoms with Gasteiger partial charge in [-0.1, -0.05) is 18.2 Å². The molecule has 0 radical (unpaired) electrons. The number of thiophene rings is 1. The molecule has 5 rings (SSSR count). The molecule has 1 saturated heterocycles. The lowest BCUT2D eigenvalue weighted by atomic mass is 9.96. The third-order valence-electron chi connectivity index (χ3n) is 5.67. The normalized spacial score (nSPS) is 17.6. The van der Waals surface area contributed by atoms with Gasteiger partial charge in [-0.05, 0) is 31.7 Å². The maximum absolute atomic E-state index is 14.3. The number of amides is 1. The number of halogens is 1. The molecular weight excluding hydrogens is 391 g/mol. The molecule has 1 saturated carbocycles. The fourth-order valence-corrected chi connectivity index (χ4v) is 4.74. The van der Waals surface area contributed by atoms with Crippen LogP contribution < -0.4 is 15.8 Å². The average Bonchev–Trinajstić information content (AvgIpc) is 3.44. The van der Waals surface area contributed by atoms with Crippen LogP contribution in [-0.4, -0.2) is 35.0 Å². The summed E-state index contributed by atoms with van der Waals surface area (Å²) in [5.41, 5.74) is 1.38. The van der Waals surface area contributed by atoms with Gasteiger partial charge in [0.2, 0.25) is 11.9 Å². The second-order valence-corrected chi connectivity index (χ2v) is 8.62. The van der Waals surface area contributed by atoms with Crippen LogP contribution in [0.1, 0.15) is 25.7 Å². The molecule has 2 aliphatic rings. The van der Waals surface area contributed by atoms with Crippen molar-refractivity contribution in [2.24, 2.45) is 5.92 Å². The lowest BCUT2D eigenvalue weighted by Crippen LogP contribution is -2.42. The molecule has 2 aromatic heterocycles. The monoisotopic (exact) mass is 412 g/mol. The minimum absolute atomic E-state index is 0.0115. The van der Waals surface area contributed by atoms with Crippen molar-refractivity contribution in [1.82, 2.24) is 15.3 Å². The third kappa shape index (κ3) is 3.53. The van der Waals surface area contributed by atoms with Crippen LogP contribution in [0.25, 0.3) is 21.3 Å². The molecule has 2 fully saturated rings. The van der Waals surface area contributed by atoms with Gasteiger partial charge in [0.25, 0.3) is 5.56 Å². The maximum atomic E-state index is 14.3. The van der Waals surface area contributed by atoms with Gasteiger partial charge < -0.3 is 10.2 Å². The number of hydrogen-bond acceptors (Lipinski definition) is 5. The predicted octanol–water partition coefficient (Wildman–Crippen LogP) is 3.29. The van der Waals surface area contributed by atoms with Crippen LogP contribution in [-0.2, 0) is 4.79 Å². The van der Waals surface area contributed by atoms with E-state index in [0.29, 0.717) is 46.4 Å². The van der Waals surface area contributed by atoms with Gasteiger partial charge in [-0.25, -0.2) is 9.37 Å². The molecule has 150 valence electrons. The highest BCUT2D eigenvalue weighted by Crippen LogP contribution is 2.33. The van der Waals surface area contributed by atoms with Gasteiger partial charge in [0.1, 0.15) is 10.5 Å². The molecular formula is C21H21FN4O2S. The highest BCUT2D eigenvalue weighted by atomic mass is 32.1. The Morgan fingerprint density at radius 3 is 2.66 bits per heavy atom. The number of nitrogens with zero attached hydrogens (tertiary/aromatic N) is 2. The number of aromatic nitrogens is 2. The van der Waals surface area contributed by atoms with Gasteiger partial charge in [0, 0.05) is 41.6 Å². The number of aromatic amines is 1. The number of H-pyrrole nitrogens is 1. The van der Waals surface area contributed by atoms with Crippen LogP contribution in [0.2, 0.25) is 0 Å². The second kappa shape index (κ2) is 7.26. The predicted molar refractivity (Wildman–Crippen MR) is 112 cm³/mol. The van der Waals surface area contributed by atoms with Gasteiger partial charge in [-0.3, -0.25) is 14.6 Å². The number of carbonyl (C=O) groups excluding carboxylic acids is 1. The zero-order valence-corrected chi connectivity index (χ0v) is 16.6. The highest BCUT2D eigenvalue weighted by Gasteiger charge is 2.30. The quantitative estimate of drug-likeness (QED) is 0.689. The Morgan fingerprint density at radius 1 is 1.17 bits per heavy atom. The molecule has 3 aromatic rings. The van der Waals surface area contributed by atoms with E-state index in [2.05, 4.69) is 15.3 Å². The minimum Gasteiger partial charge on any atom is -0.353 e. The molecule has 3 heterocycles. The third-order valence-corrected chi connectivity index (χ3v) is 6.64. The number of hydrogen-bond donors (Lipinski definition) is 2. The lowest BCUT2D eigenvalue weighted by molar-refractivity contribution is -0.125. The van der Waals surface area contributed by atoms with Crippen LogP contribution in [0.5, 0.6) is 0 Å². The molecule has 1 aliphatic carbocycles. The van der Waals surface area contributed by atoms with Gasteiger partial charge >= 0.3 is 0 Å². The van der Waals surface area contributed by atoms with E-state index in [1.807, 2.05) is 4.90 Å². The SMILES string of the molecule is O=C(NC1CC1)C1CCN(c2nc3c(-c4ccccc4F)csc3c(=O)[nH]2)CC1. The topological polar surface area (TPSA) is 78.1 Å². The molecule has 1 aromatic carbocycles. The molecule has 1 aliphatic heterocycles. The lowest BCUT2D eigenvalue weighted by Gasteiger charge is -2.31. The van der Waals surface area contributed by atoms with E-state index < -0.39 is 0 Å². The highest BCUT2D eigenvalue weighted by molar-refractivity contribution is 7.17. The Hall–Kier alpha value is -2.74. The Kier molecular flexibility index (Phi) is 4.58. The Morgan fingerprint density at radius 2 is 1.93 bits per heavy atom. The molecule has 1 amide bonds. The summed E-state index contributed by atoms with van der Waals surface area (Å²) >= 11 is 1.27. The minimum atomic E-state index is -0.335. The van der Waals surface area contributed by atoms with E-state index in [1.54, 1.807) is 23.6 Å². The Balaban J connectivity index is 1.41. The Bertz CT molecular complexity index is 1130. The summed E-state index contributed by atoms with van der Waals surface area (Å²) in [7, 11) is 0. The standard InChI is InChI=1S/C21H21FN4O2S/c22-16-4-2-1-3-14(16)15-11-29-18-17(15)24-21(25-20(18)28)26-9-7-12(8-10-26)19(27)23-13-5-6-13/h1-4,11-13H,5-10H2,(H,23,27)(H,24,25,28). The van der Waals surface area contributed by atoms with E-state index in [1.165, 1.54) is 17.4 Å². The van der Waals surface area contributed by atoms with Crippen molar-refractivity contribution < 1.29 is 9.18 Å². The van der Waals surface area contributed by atoms with Crippen LogP contribution >= 0.6 is 11.3 Å². The molecule has 29 heavy (non-hydrogen) atoms. The van der Waals surface area contributed by atoms with Crippen molar-refractivity contribution in [2.75, 3.05) is 18.0 Å². The summed E-state index contributed by atoms with van der Waals surface area (Å²) in [6, 6.07) is 6.89. The summed E-state index contributed by atoms with van der Waals surface area (Å²) in [6.07, 6.45) is 3.62. The first-order valence-corrected chi connectivity index (χ1v) is 10.8. The van der Waals surface area contributed by atoms with Crippen molar-refractivity contribution in [3.05, 3.63) is 45.8 Å². The van der Waals surface area contributed by atoms with Crippen molar-refractivity contribution in [3.8, 4) is 11.1 Å². The number of nitrogens with one attached hydrogen (secondary N) is 2. The number of rotatable bonds is 4. The molecule has 2 N–H and O–H groups in total. The van der Waals surface area contributed by atoms with Crippen LogP contribution in [0.4, 0.5) is 10.3 Å². The van der Waals surface area contributed by atoms with E-state index in [0.717, 1.165) is 25.7 Å². The maximum Gasteiger partial charge on any atom is 0.270 e. The summed E-state index contributed by atoms with van der Waals surface area (Å²) in [4.78, 5) is 34.4. The van der Waals surface area contributed by atoms with Crippen LogP contribution in [0.15, 0.2) is 34.4 Å². The fourth-order valence-electron chi connectivity index (χ4n) is 3.84. The number of benzene rings is 1. The van der Waals surface area contributed by atoms with Crippen molar-refractivity contribution in [1.29, 1.82) is 0 Å². The number of fused-ring (bicyclic) bond motifs is 1. The summed E-state index contributed by atoms with van der Waals surface area (Å²) in [5, 5.41) is 4.86. The summed E-state index contributed by atoms with van der Waals surface area (Å²) < 4.78 is 14.8. The molecule has 6 nitrogen and oxygen atoms in total. The molecule has 0 atom stereocenters. The first kappa shape index (κ1) is 18.3. The second-order valence-electron chi connectivity index (χ2n) is 7.74. The van der Waals surface area contributed by atoms with E-state index >= 15 is 0 Å². The first-order chi connectivity index (χ1) is 14.1. The van der Waals surface area contributed by atoms with Gasteiger partial charge in [0.15, 0.2) is 0 Å². The fraction of sp³-hybridized carbons (Fsp3) is 0.381. The molecule has 8 heteroatoms. The number of piperidine rings is 1. The van der Waals surface area contributed by atoms with Crippen molar-refractivity contribution in [2.45, 2.75) is 31.7 Å². The van der Waals surface area contributed by atoms with Gasteiger partial charge in [-0.15, -0.1) is 11.3 Å². The van der Waals surface area contributed by atoms with E-state index in [4.69, 9.17) is 0 Å². The number of carbonyl (C=O) groups is 1. The largest absolute Gasteiger partial charge is 0.353 e. The summed E-state index contributed by atoms with van der Waals surface area (Å²) in [6.45, 7) is 1.30.